The second-order valence-electron chi connectivity index (χ2n) is 3.23. The van der Waals surface area contributed by atoms with E-state index in [2.05, 4.69) is 15.9 Å². The Hall–Kier alpha value is -0.800. The molecule has 1 aromatic heterocycles. The second-order valence-corrected chi connectivity index (χ2v) is 4.98. The van der Waals surface area contributed by atoms with Crippen molar-refractivity contribution in [2.45, 2.75) is 11.8 Å². The molecule has 78 valence electrons. The standard InChI is InChI=1S/C11H8BrClO2/c1-6(12)10-9(13)7-4-2-3-5-8(7)11(14)15-10/h2-6H,1H3. The fraction of sp³-hybridized carbons (Fsp3) is 0.182. The molecule has 1 atom stereocenters. The lowest BCUT2D eigenvalue weighted by molar-refractivity contribution is 0.471. The predicted octanol–water partition coefficient (Wildman–Crippen LogP) is 3.90. The molecule has 1 heterocycles. The van der Waals surface area contributed by atoms with E-state index in [-0.39, 0.29) is 10.5 Å². The first-order valence-corrected chi connectivity index (χ1v) is 5.76. The highest BCUT2D eigenvalue weighted by atomic mass is 79.9. The highest BCUT2D eigenvalue weighted by Gasteiger charge is 2.14. The van der Waals surface area contributed by atoms with Gasteiger partial charge in [-0.3, -0.25) is 0 Å². The van der Waals surface area contributed by atoms with Crippen LogP contribution in [0.3, 0.4) is 0 Å². The van der Waals surface area contributed by atoms with Crippen molar-refractivity contribution >= 4 is 38.3 Å². The van der Waals surface area contributed by atoms with Gasteiger partial charge in [0, 0.05) is 5.39 Å². The van der Waals surface area contributed by atoms with Crippen molar-refractivity contribution in [1.82, 2.24) is 0 Å². The van der Waals surface area contributed by atoms with Crippen LogP contribution in [0.5, 0.6) is 0 Å². The van der Waals surface area contributed by atoms with Gasteiger partial charge in [-0.15, -0.1) is 0 Å². The molecule has 0 fully saturated rings. The number of fused-ring (bicyclic) bond motifs is 1. The fourth-order valence-corrected chi connectivity index (χ4v) is 2.26. The molecule has 1 aromatic carbocycles. The molecule has 0 spiro atoms. The van der Waals surface area contributed by atoms with Crippen LogP contribution in [-0.2, 0) is 0 Å². The van der Waals surface area contributed by atoms with Crippen molar-refractivity contribution in [1.29, 1.82) is 0 Å². The number of hydrogen-bond donors (Lipinski definition) is 0. The topological polar surface area (TPSA) is 30.2 Å². The van der Waals surface area contributed by atoms with Crippen LogP contribution >= 0.6 is 27.5 Å². The van der Waals surface area contributed by atoms with Gasteiger partial charge in [0.2, 0.25) is 0 Å². The molecule has 0 aliphatic heterocycles. The molecule has 0 aliphatic carbocycles. The zero-order chi connectivity index (χ0) is 11.0. The lowest BCUT2D eigenvalue weighted by Gasteiger charge is -2.06. The maximum absolute atomic E-state index is 11.6. The zero-order valence-electron chi connectivity index (χ0n) is 7.96. The van der Waals surface area contributed by atoms with Gasteiger partial charge in [-0.25, -0.2) is 4.79 Å². The Morgan fingerprint density at radius 1 is 1.33 bits per heavy atom. The Morgan fingerprint density at radius 2 is 1.93 bits per heavy atom. The van der Waals surface area contributed by atoms with Gasteiger partial charge in [-0.05, 0) is 13.0 Å². The smallest absolute Gasteiger partial charge is 0.343 e. The Kier molecular flexibility index (Phi) is 2.85. The molecule has 0 radical (unpaired) electrons. The summed E-state index contributed by atoms with van der Waals surface area (Å²) >= 11 is 9.48. The maximum atomic E-state index is 11.6. The first-order valence-electron chi connectivity index (χ1n) is 4.46. The van der Waals surface area contributed by atoms with Crippen LogP contribution in [0.15, 0.2) is 33.5 Å². The van der Waals surface area contributed by atoms with Crippen LogP contribution in [0.2, 0.25) is 5.02 Å². The van der Waals surface area contributed by atoms with Gasteiger partial charge in [-0.2, -0.15) is 0 Å². The SMILES string of the molecule is CC(Br)c1oc(=O)c2ccccc2c1Cl. The van der Waals surface area contributed by atoms with Gasteiger partial charge in [0.05, 0.1) is 15.2 Å². The molecule has 15 heavy (non-hydrogen) atoms. The normalized spacial score (nSPS) is 13.0. The minimum Gasteiger partial charge on any atom is -0.425 e. The van der Waals surface area contributed by atoms with Crippen LogP contribution in [-0.4, -0.2) is 0 Å². The summed E-state index contributed by atoms with van der Waals surface area (Å²) < 4.78 is 5.15. The summed E-state index contributed by atoms with van der Waals surface area (Å²) in [5, 5.41) is 1.74. The van der Waals surface area contributed by atoms with E-state index in [0.29, 0.717) is 16.2 Å². The van der Waals surface area contributed by atoms with Crippen molar-refractivity contribution < 1.29 is 4.42 Å². The molecule has 0 N–H and O–H groups in total. The number of alkyl halides is 1. The predicted molar refractivity (Wildman–Crippen MR) is 64.8 cm³/mol. The monoisotopic (exact) mass is 286 g/mol. The summed E-state index contributed by atoms with van der Waals surface area (Å²) in [7, 11) is 0. The third kappa shape index (κ3) is 1.82. The first kappa shape index (κ1) is 10.7. The summed E-state index contributed by atoms with van der Waals surface area (Å²) in [5.41, 5.74) is -0.351. The van der Waals surface area contributed by atoms with E-state index >= 15 is 0 Å². The lowest BCUT2D eigenvalue weighted by atomic mass is 10.1. The Morgan fingerprint density at radius 3 is 2.53 bits per heavy atom. The molecule has 0 saturated heterocycles. The van der Waals surface area contributed by atoms with Crippen LogP contribution in [0.25, 0.3) is 10.8 Å². The summed E-state index contributed by atoms with van der Waals surface area (Å²) in [6.07, 6.45) is 0. The van der Waals surface area contributed by atoms with E-state index in [9.17, 15) is 4.79 Å². The molecule has 0 aliphatic rings. The van der Waals surface area contributed by atoms with Crippen molar-refractivity contribution in [2.24, 2.45) is 0 Å². The second kappa shape index (κ2) is 3.99. The number of halogens is 2. The van der Waals surface area contributed by atoms with Crippen LogP contribution in [0.1, 0.15) is 17.5 Å². The molecule has 0 saturated carbocycles. The van der Waals surface area contributed by atoms with Gasteiger partial charge in [0.15, 0.2) is 0 Å². The van der Waals surface area contributed by atoms with Crippen molar-refractivity contribution in [3.05, 3.63) is 45.5 Å². The summed E-state index contributed by atoms with van der Waals surface area (Å²) in [5.74, 6) is 0.473. The Labute approximate surface area is 100.0 Å². The average molecular weight is 288 g/mol. The van der Waals surface area contributed by atoms with Gasteiger partial charge in [0.1, 0.15) is 5.76 Å². The van der Waals surface area contributed by atoms with E-state index in [1.807, 2.05) is 19.1 Å². The zero-order valence-corrected chi connectivity index (χ0v) is 10.3. The van der Waals surface area contributed by atoms with Crippen LogP contribution in [0.4, 0.5) is 0 Å². The third-order valence-corrected chi connectivity index (χ3v) is 2.97. The minimum atomic E-state index is -0.351. The average Bonchev–Trinajstić information content (AvgIpc) is 2.23. The molecule has 2 rings (SSSR count). The molecule has 1 unspecified atom stereocenters. The molecule has 4 heteroatoms. The molecule has 2 nitrogen and oxygen atoms in total. The number of rotatable bonds is 1. The minimum absolute atomic E-state index is 0.0812. The molecular weight excluding hydrogens is 279 g/mol. The summed E-state index contributed by atoms with van der Waals surface area (Å²) in [6.45, 7) is 1.86. The first-order chi connectivity index (χ1) is 7.11. The van der Waals surface area contributed by atoms with Crippen LogP contribution < -0.4 is 5.63 Å². The van der Waals surface area contributed by atoms with Crippen molar-refractivity contribution in [3.63, 3.8) is 0 Å². The van der Waals surface area contributed by atoms with Crippen molar-refractivity contribution in [3.8, 4) is 0 Å². The van der Waals surface area contributed by atoms with E-state index < -0.39 is 0 Å². The highest BCUT2D eigenvalue weighted by Crippen LogP contribution is 2.32. The number of hydrogen-bond acceptors (Lipinski definition) is 2. The number of benzene rings is 1. The largest absolute Gasteiger partial charge is 0.425 e. The van der Waals surface area contributed by atoms with Crippen LogP contribution in [0, 0.1) is 0 Å². The molecule has 2 aromatic rings. The third-order valence-electron chi connectivity index (χ3n) is 2.16. The quantitative estimate of drug-likeness (QED) is 0.745. The van der Waals surface area contributed by atoms with E-state index in [1.54, 1.807) is 12.1 Å². The summed E-state index contributed by atoms with van der Waals surface area (Å²) in [6, 6.07) is 7.15. The van der Waals surface area contributed by atoms with E-state index in [1.165, 1.54) is 0 Å². The van der Waals surface area contributed by atoms with Gasteiger partial charge >= 0.3 is 5.63 Å². The van der Waals surface area contributed by atoms with Gasteiger partial charge in [-0.1, -0.05) is 45.7 Å². The highest BCUT2D eigenvalue weighted by molar-refractivity contribution is 9.09. The molecule has 0 bridgehead atoms. The summed E-state index contributed by atoms with van der Waals surface area (Å²) in [4.78, 5) is 11.5. The van der Waals surface area contributed by atoms with E-state index in [4.69, 9.17) is 16.0 Å². The van der Waals surface area contributed by atoms with Crippen molar-refractivity contribution in [2.75, 3.05) is 0 Å². The van der Waals surface area contributed by atoms with E-state index in [0.717, 1.165) is 5.39 Å². The lowest BCUT2D eigenvalue weighted by Crippen LogP contribution is -2.03. The van der Waals surface area contributed by atoms with Gasteiger partial charge < -0.3 is 4.42 Å². The Balaban J connectivity index is 2.91. The maximum Gasteiger partial charge on any atom is 0.343 e. The van der Waals surface area contributed by atoms with Gasteiger partial charge in [0.25, 0.3) is 0 Å². The molecule has 0 amide bonds. The Bertz CT molecular complexity index is 560. The molecular formula is C11H8BrClO2. The fourth-order valence-electron chi connectivity index (χ4n) is 1.44.